The number of benzene rings is 2. The highest BCUT2D eigenvalue weighted by Gasteiger charge is 2.14. The molecule has 2 rings (SSSR count). The van der Waals surface area contributed by atoms with Gasteiger partial charge in [0.05, 0.1) is 17.3 Å². The van der Waals surface area contributed by atoms with E-state index in [0.29, 0.717) is 5.02 Å². The molecule has 0 aliphatic heterocycles. The number of halogens is 1. The Morgan fingerprint density at radius 2 is 1.79 bits per heavy atom. The lowest BCUT2D eigenvalue weighted by Gasteiger charge is -2.26. The smallest absolute Gasteiger partial charge is 0.0702 e. The molecule has 0 bridgehead atoms. The first kappa shape index (κ1) is 13.9. The van der Waals surface area contributed by atoms with Crippen molar-refractivity contribution < 1.29 is 5.11 Å². The van der Waals surface area contributed by atoms with Gasteiger partial charge in [-0.3, -0.25) is 0 Å². The van der Waals surface area contributed by atoms with Crippen molar-refractivity contribution in [1.82, 2.24) is 0 Å². The number of rotatable bonds is 4. The molecule has 0 atom stereocenters. The van der Waals surface area contributed by atoms with E-state index in [9.17, 15) is 5.11 Å². The number of nitrogens with zero attached hydrogens (tertiary/aromatic N) is 1. The Morgan fingerprint density at radius 3 is 2.37 bits per heavy atom. The molecule has 0 spiro atoms. The van der Waals surface area contributed by atoms with E-state index in [2.05, 4.69) is 43.0 Å². The van der Waals surface area contributed by atoms with Crippen LogP contribution in [0.25, 0.3) is 0 Å². The zero-order chi connectivity index (χ0) is 13.8. The number of aliphatic hydroxyl groups is 1. The summed E-state index contributed by atoms with van der Waals surface area (Å²) < 4.78 is 0. The van der Waals surface area contributed by atoms with Crippen molar-refractivity contribution in [1.29, 1.82) is 0 Å². The summed E-state index contributed by atoms with van der Waals surface area (Å²) in [4.78, 5) is 2.12. The molecule has 19 heavy (non-hydrogen) atoms. The van der Waals surface area contributed by atoms with Gasteiger partial charge in [0.15, 0.2) is 0 Å². The Bertz CT molecular complexity index is 551. The summed E-state index contributed by atoms with van der Waals surface area (Å²) in [5.41, 5.74) is 4.03. The lowest BCUT2D eigenvalue weighted by atomic mass is 10.1. The summed E-state index contributed by atoms with van der Waals surface area (Å²) in [5, 5.41) is 10.2. The summed E-state index contributed by atoms with van der Waals surface area (Å²) in [6.45, 7) is 4.91. The van der Waals surface area contributed by atoms with E-state index in [1.54, 1.807) is 0 Å². The van der Waals surface area contributed by atoms with Crippen LogP contribution in [-0.4, -0.2) is 11.7 Å². The molecule has 0 aliphatic carbocycles. The van der Waals surface area contributed by atoms with Gasteiger partial charge in [0.1, 0.15) is 0 Å². The molecule has 2 nitrogen and oxygen atoms in total. The summed E-state index contributed by atoms with van der Waals surface area (Å²) >= 11 is 6.31. The fourth-order valence-electron chi connectivity index (χ4n) is 2.18. The van der Waals surface area contributed by atoms with Crippen molar-refractivity contribution >= 4 is 23.0 Å². The van der Waals surface area contributed by atoms with Crippen LogP contribution in [0.2, 0.25) is 5.02 Å². The van der Waals surface area contributed by atoms with Crippen molar-refractivity contribution in [2.45, 2.75) is 20.5 Å². The summed E-state index contributed by atoms with van der Waals surface area (Å²) in [5.74, 6) is 0. The van der Waals surface area contributed by atoms with Gasteiger partial charge in [0.2, 0.25) is 0 Å². The standard InChI is InChI=1S/C16H18ClNO/c1-3-18(14-9-7-12(2)8-10-14)16-13(11-19)5-4-6-15(16)17/h4-10,19H,3,11H2,1-2H3. The lowest BCUT2D eigenvalue weighted by molar-refractivity contribution is 0.282. The molecule has 2 aromatic carbocycles. The van der Waals surface area contributed by atoms with Crippen LogP contribution >= 0.6 is 11.6 Å². The highest BCUT2D eigenvalue weighted by Crippen LogP contribution is 2.35. The highest BCUT2D eigenvalue weighted by atomic mass is 35.5. The number of anilines is 2. The van der Waals surface area contributed by atoms with Crippen LogP contribution in [0.4, 0.5) is 11.4 Å². The minimum absolute atomic E-state index is 0.0156. The second kappa shape index (κ2) is 6.09. The zero-order valence-electron chi connectivity index (χ0n) is 11.2. The molecule has 1 N–H and O–H groups in total. The summed E-state index contributed by atoms with van der Waals surface area (Å²) in [6.07, 6.45) is 0. The van der Waals surface area contributed by atoms with E-state index in [-0.39, 0.29) is 6.61 Å². The maximum Gasteiger partial charge on any atom is 0.0702 e. The van der Waals surface area contributed by atoms with Gasteiger partial charge in [0.25, 0.3) is 0 Å². The van der Waals surface area contributed by atoms with E-state index < -0.39 is 0 Å². The summed E-state index contributed by atoms with van der Waals surface area (Å²) in [7, 11) is 0. The molecular weight excluding hydrogens is 258 g/mol. The normalized spacial score (nSPS) is 10.5. The predicted molar refractivity (Wildman–Crippen MR) is 81.2 cm³/mol. The van der Waals surface area contributed by atoms with Gasteiger partial charge in [-0.1, -0.05) is 41.4 Å². The highest BCUT2D eigenvalue weighted by molar-refractivity contribution is 6.33. The van der Waals surface area contributed by atoms with Gasteiger partial charge < -0.3 is 10.0 Å². The van der Waals surface area contributed by atoms with Gasteiger partial charge in [0, 0.05) is 17.8 Å². The van der Waals surface area contributed by atoms with E-state index >= 15 is 0 Å². The predicted octanol–water partition coefficient (Wildman–Crippen LogP) is 4.30. The Labute approximate surface area is 119 Å². The van der Waals surface area contributed by atoms with Gasteiger partial charge >= 0.3 is 0 Å². The molecule has 2 aromatic rings. The number of hydrogen-bond acceptors (Lipinski definition) is 2. The van der Waals surface area contributed by atoms with Crippen LogP contribution in [0.1, 0.15) is 18.1 Å². The average Bonchev–Trinajstić information content (AvgIpc) is 2.43. The Morgan fingerprint density at radius 1 is 1.11 bits per heavy atom. The fourth-order valence-corrected chi connectivity index (χ4v) is 2.48. The third kappa shape index (κ3) is 2.91. The molecule has 3 heteroatoms. The molecule has 0 fully saturated rings. The van der Waals surface area contributed by atoms with Gasteiger partial charge in [-0.15, -0.1) is 0 Å². The minimum Gasteiger partial charge on any atom is -0.392 e. The molecule has 0 heterocycles. The second-order valence-corrected chi connectivity index (χ2v) is 4.89. The van der Waals surface area contributed by atoms with Crippen molar-refractivity contribution in [3.8, 4) is 0 Å². The van der Waals surface area contributed by atoms with Crippen LogP contribution in [0.3, 0.4) is 0 Å². The van der Waals surface area contributed by atoms with Crippen LogP contribution in [0, 0.1) is 6.92 Å². The third-order valence-electron chi connectivity index (χ3n) is 3.17. The van der Waals surface area contributed by atoms with Crippen LogP contribution in [0.5, 0.6) is 0 Å². The molecule has 0 radical (unpaired) electrons. The van der Waals surface area contributed by atoms with E-state index in [4.69, 9.17) is 11.6 Å². The van der Waals surface area contributed by atoms with E-state index in [0.717, 1.165) is 23.5 Å². The van der Waals surface area contributed by atoms with Crippen LogP contribution < -0.4 is 4.90 Å². The second-order valence-electron chi connectivity index (χ2n) is 4.49. The fraction of sp³-hybridized carbons (Fsp3) is 0.250. The van der Waals surface area contributed by atoms with Crippen molar-refractivity contribution in [2.75, 3.05) is 11.4 Å². The van der Waals surface area contributed by atoms with Crippen LogP contribution in [0.15, 0.2) is 42.5 Å². The molecular formula is C16H18ClNO. The maximum absolute atomic E-state index is 9.49. The molecule has 0 saturated heterocycles. The first-order valence-corrected chi connectivity index (χ1v) is 6.77. The Kier molecular flexibility index (Phi) is 4.46. The lowest BCUT2D eigenvalue weighted by Crippen LogP contribution is -2.18. The van der Waals surface area contributed by atoms with Gasteiger partial charge in [-0.25, -0.2) is 0 Å². The van der Waals surface area contributed by atoms with E-state index in [1.165, 1.54) is 5.56 Å². The zero-order valence-corrected chi connectivity index (χ0v) is 12.0. The van der Waals surface area contributed by atoms with Crippen molar-refractivity contribution in [2.24, 2.45) is 0 Å². The number of aryl methyl sites for hydroxylation is 1. The van der Waals surface area contributed by atoms with Gasteiger partial charge in [-0.2, -0.15) is 0 Å². The average molecular weight is 276 g/mol. The summed E-state index contributed by atoms with van der Waals surface area (Å²) in [6, 6.07) is 13.9. The van der Waals surface area contributed by atoms with Gasteiger partial charge in [-0.05, 0) is 32.0 Å². The van der Waals surface area contributed by atoms with E-state index in [1.807, 2.05) is 18.2 Å². The minimum atomic E-state index is -0.0156. The Balaban J connectivity index is 2.50. The molecule has 0 saturated carbocycles. The van der Waals surface area contributed by atoms with Crippen molar-refractivity contribution in [3.05, 3.63) is 58.6 Å². The molecule has 0 aliphatic rings. The quantitative estimate of drug-likeness (QED) is 0.899. The molecule has 100 valence electrons. The largest absolute Gasteiger partial charge is 0.392 e. The maximum atomic E-state index is 9.49. The van der Waals surface area contributed by atoms with Crippen molar-refractivity contribution in [3.63, 3.8) is 0 Å². The first-order valence-electron chi connectivity index (χ1n) is 6.39. The number of aliphatic hydroxyl groups excluding tert-OH is 1. The Hall–Kier alpha value is -1.51. The monoisotopic (exact) mass is 275 g/mol. The number of hydrogen-bond donors (Lipinski definition) is 1. The SMILES string of the molecule is CCN(c1ccc(C)cc1)c1c(Cl)cccc1CO. The molecule has 0 unspecified atom stereocenters. The topological polar surface area (TPSA) is 23.5 Å². The van der Waals surface area contributed by atoms with Crippen LogP contribution in [-0.2, 0) is 6.61 Å². The third-order valence-corrected chi connectivity index (χ3v) is 3.48. The first-order chi connectivity index (χ1) is 9.17. The molecule has 0 aromatic heterocycles. The molecule has 0 amide bonds. The number of para-hydroxylation sites is 1.